The average Bonchev–Trinajstić information content (AvgIpc) is 2.45. The molecule has 3 rings (SSSR count). The molecule has 0 unspecified atom stereocenters. The fourth-order valence-corrected chi connectivity index (χ4v) is 3.20. The van der Waals surface area contributed by atoms with Crippen LogP contribution in [-0.2, 0) is 19.3 Å². The number of rotatable bonds is 3. The molecule has 0 saturated heterocycles. The summed E-state index contributed by atoms with van der Waals surface area (Å²) in [5.41, 5.74) is 8.94. The number of nitrogen functional groups attached to an aromatic ring is 1. The van der Waals surface area contributed by atoms with Crippen LogP contribution in [0.25, 0.3) is 0 Å². The first kappa shape index (κ1) is 14.0. The van der Waals surface area contributed by atoms with E-state index in [0.29, 0.717) is 0 Å². The fraction of sp³-hybridized carbons (Fsp3) is 0.412. The molecule has 0 atom stereocenters. The molecule has 3 N–H and O–H groups in total. The number of benzene rings is 1. The normalized spacial score (nSPS) is 13.9. The van der Waals surface area contributed by atoms with Gasteiger partial charge in [0.25, 0.3) is 0 Å². The third-order valence-electron chi connectivity index (χ3n) is 4.01. The number of hydrogen-bond acceptors (Lipinski definition) is 4. The number of aryl methyl sites for hydroxylation is 3. The number of hydrazine groups is 1. The van der Waals surface area contributed by atoms with Crippen LogP contribution in [0, 0.1) is 13.8 Å². The molecule has 0 fully saturated rings. The summed E-state index contributed by atoms with van der Waals surface area (Å²) >= 11 is 0. The van der Waals surface area contributed by atoms with Gasteiger partial charge in [0.15, 0.2) is 0 Å². The van der Waals surface area contributed by atoms with E-state index >= 15 is 0 Å². The van der Waals surface area contributed by atoms with Crippen LogP contribution in [0.5, 0.6) is 0 Å². The van der Waals surface area contributed by atoms with Gasteiger partial charge >= 0.3 is 0 Å². The van der Waals surface area contributed by atoms with Gasteiger partial charge in [-0.05, 0) is 45.1 Å². The lowest BCUT2D eigenvalue weighted by Crippen LogP contribution is -2.18. The van der Waals surface area contributed by atoms with Gasteiger partial charge in [-0.25, -0.2) is 15.8 Å². The van der Waals surface area contributed by atoms with E-state index < -0.39 is 0 Å². The Balaban J connectivity index is 1.95. The first-order valence-corrected chi connectivity index (χ1v) is 7.58. The van der Waals surface area contributed by atoms with Crippen molar-refractivity contribution >= 4 is 5.82 Å². The number of nitrogens with two attached hydrogens (primary N) is 1. The zero-order valence-electron chi connectivity index (χ0n) is 12.7. The number of nitrogens with zero attached hydrogens (tertiary/aromatic N) is 2. The monoisotopic (exact) mass is 282 g/mol. The van der Waals surface area contributed by atoms with Crippen molar-refractivity contribution in [3.05, 3.63) is 52.0 Å². The average molecular weight is 282 g/mol. The van der Waals surface area contributed by atoms with Crippen LogP contribution in [-0.4, -0.2) is 9.97 Å². The van der Waals surface area contributed by atoms with Gasteiger partial charge in [-0.3, -0.25) is 0 Å². The van der Waals surface area contributed by atoms with Crippen molar-refractivity contribution < 1.29 is 0 Å². The molecule has 21 heavy (non-hydrogen) atoms. The largest absolute Gasteiger partial charge is 0.308 e. The first-order valence-electron chi connectivity index (χ1n) is 7.58. The third-order valence-corrected chi connectivity index (χ3v) is 4.01. The summed E-state index contributed by atoms with van der Waals surface area (Å²) in [5.74, 6) is 7.30. The highest BCUT2D eigenvalue weighted by atomic mass is 15.3. The highest BCUT2D eigenvalue weighted by Crippen LogP contribution is 2.25. The van der Waals surface area contributed by atoms with E-state index in [0.717, 1.165) is 30.9 Å². The van der Waals surface area contributed by atoms with Gasteiger partial charge in [-0.1, -0.05) is 29.3 Å². The molecule has 0 saturated carbocycles. The van der Waals surface area contributed by atoms with E-state index in [1.54, 1.807) is 0 Å². The predicted molar refractivity (Wildman–Crippen MR) is 85.2 cm³/mol. The van der Waals surface area contributed by atoms with Gasteiger partial charge in [0, 0.05) is 17.7 Å². The van der Waals surface area contributed by atoms with Crippen LogP contribution in [0.2, 0.25) is 0 Å². The second-order valence-electron chi connectivity index (χ2n) is 5.94. The standard InChI is InChI=1S/C17H22N4/c1-11-7-12(2)9-13(8-11)10-16-19-15-6-4-3-5-14(15)17(20-16)21-18/h7-9H,3-6,10,18H2,1-2H3,(H,19,20,21). The minimum atomic E-state index is 0.754. The molecule has 1 aromatic heterocycles. The second kappa shape index (κ2) is 5.82. The van der Waals surface area contributed by atoms with Crippen LogP contribution in [0.15, 0.2) is 18.2 Å². The zero-order chi connectivity index (χ0) is 14.8. The van der Waals surface area contributed by atoms with E-state index in [2.05, 4.69) is 42.5 Å². The quantitative estimate of drug-likeness (QED) is 0.671. The summed E-state index contributed by atoms with van der Waals surface area (Å²) in [6, 6.07) is 6.58. The summed E-state index contributed by atoms with van der Waals surface area (Å²) in [5, 5.41) is 0. The summed E-state index contributed by atoms with van der Waals surface area (Å²) < 4.78 is 0. The van der Waals surface area contributed by atoms with Crippen LogP contribution < -0.4 is 11.3 Å². The van der Waals surface area contributed by atoms with Crippen molar-refractivity contribution in [1.29, 1.82) is 0 Å². The molecule has 0 spiro atoms. The Labute approximate surface area is 125 Å². The van der Waals surface area contributed by atoms with Crippen LogP contribution in [0.1, 0.15) is 46.6 Å². The maximum atomic E-state index is 5.64. The number of anilines is 1. The predicted octanol–water partition coefficient (Wildman–Crippen LogP) is 2.85. The Morgan fingerprint density at radius 2 is 1.76 bits per heavy atom. The lowest BCUT2D eigenvalue weighted by atomic mass is 9.96. The SMILES string of the molecule is Cc1cc(C)cc(Cc2nc3c(c(NN)n2)CCCC3)c1. The minimum absolute atomic E-state index is 0.754. The van der Waals surface area contributed by atoms with E-state index in [-0.39, 0.29) is 0 Å². The molecular weight excluding hydrogens is 260 g/mol. The van der Waals surface area contributed by atoms with Crippen LogP contribution in [0.4, 0.5) is 5.82 Å². The highest BCUT2D eigenvalue weighted by molar-refractivity contribution is 5.47. The molecule has 1 heterocycles. The van der Waals surface area contributed by atoms with E-state index in [1.165, 1.54) is 40.8 Å². The molecule has 110 valence electrons. The smallest absolute Gasteiger partial charge is 0.147 e. The van der Waals surface area contributed by atoms with Crippen molar-refractivity contribution in [2.45, 2.75) is 46.0 Å². The maximum Gasteiger partial charge on any atom is 0.147 e. The van der Waals surface area contributed by atoms with Crippen molar-refractivity contribution in [3.63, 3.8) is 0 Å². The first-order chi connectivity index (χ1) is 10.2. The Bertz CT molecular complexity index is 627. The molecule has 0 amide bonds. The molecule has 1 aromatic carbocycles. The Hall–Kier alpha value is -1.94. The number of fused-ring (bicyclic) bond motifs is 1. The van der Waals surface area contributed by atoms with Gasteiger partial charge in [-0.15, -0.1) is 0 Å². The minimum Gasteiger partial charge on any atom is -0.308 e. The van der Waals surface area contributed by atoms with Crippen molar-refractivity contribution in [1.82, 2.24) is 9.97 Å². The van der Waals surface area contributed by atoms with E-state index in [1.807, 2.05) is 0 Å². The molecule has 1 aliphatic carbocycles. The summed E-state index contributed by atoms with van der Waals surface area (Å²) in [6.45, 7) is 4.24. The molecule has 1 aliphatic rings. The number of nitrogens with one attached hydrogen (secondary N) is 1. The molecule has 4 nitrogen and oxygen atoms in total. The Kier molecular flexibility index (Phi) is 3.88. The summed E-state index contributed by atoms with van der Waals surface area (Å²) in [4.78, 5) is 9.38. The zero-order valence-corrected chi connectivity index (χ0v) is 12.7. The van der Waals surface area contributed by atoms with Crippen LogP contribution >= 0.6 is 0 Å². The second-order valence-corrected chi connectivity index (χ2v) is 5.94. The van der Waals surface area contributed by atoms with Gasteiger partial charge in [0.05, 0.1) is 0 Å². The Morgan fingerprint density at radius 1 is 1.05 bits per heavy atom. The number of aromatic nitrogens is 2. The Morgan fingerprint density at radius 3 is 2.48 bits per heavy atom. The maximum absolute atomic E-state index is 5.64. The molecule has 0 radical (unpaired) electrons. The van der Waals surface area contributed by atoms with Gasteiger partial charge < -0.3 is 5.43 Å². The lowest BCUT2D eigenvalue weighted by Gasteiger charge is -2.18. The van der Waals surface area contributed by atoms with Crippen molar-refractivity contribution in [2.75, 3.05) is 5.43 Å². The fourth-order valence-electron chi connectivity index (χ4n) is 3.20. The molecule has 2 aromatic rings. The van der Waals surface area contributed by atoms with E-state index in [4.69, 9.17) is 10.8 Å². The lowest BCUT2D eigenvalue weighted by molar-refractivity contribution is 0.657. The highest BCUT2D eigenvalue weighted by Gasteiger charge is 2.17. The summed E-state index contributed by atoms with van der Waals surface area (Å²) in [6.07, 6.45) is 5.22. The van der Waals surface area contributed by atoms with E-state index in [9.17, 15) is 0 Å². The van der Waals surface area contributed by atoms with Gasteiger partial charge in [0.1, 0.15) is 11.6 Å². The molecule has 4 heteroatoms. The summed E-state index contributed by atoms with van der Waals surface area (Å²) in [7, 11) is 0. The van der Waals surface area contributed by atoms with Crippen LogP contribution in [0.3, 0.4) is 0 Å². The topological polar surface area (TPSA) is 63.8 Å². The van der Waals surface area contributed by atoms with Gasteiger partial charge in [-0.2, -0.15) is 0 Å². The molecule has 0 bridgehead atoms. The van der Waals surface area contributed by atoms with Gasteiger partial charge in [0.2, 0.25) is 0 Å². The van der Waals surface area contributed by atoms with Crippen molar-refractivity contribution in [2.24, 2.45) is 5.84 Å². The van der Waals surface area contributed by atoms with Crippen molar-refractivity contribution in [3.8, 4) is 0 Å². The third kappa shape index (κ3) is 3.05. The molecular formula is C17H22N4. The number of hydrogen-bond donors (Lipinski definition) is 2. The molecule has 0 aliphatic heterocycles.